The molecule has 6 nitrogen and oxygen atoms in total. The van der Waals surface area contributed by atoms with Crippen molar-refractivity contribution in [1.82, 2.24) is 10.2 Å². The van der Waals surface area contributed by atoms with Crippen LogP contribution in [-0.2, 0) is 28.0 Å². The highest BCUT2D eigenvalue weighted by atomic mass is 16.2. The van der Waals surface area contributed by atoms with Crippen molar-refractivity contribution < 1.29 is 14.4 Å². The number of hydrogen-bond donors (Lipinski definition) is 2. The molecular formula is C23H25N3O3. The van der Waals surface area contributed by atoms with Gasteiger partial charge in [-0.3, -0.25) is 14.5 Å². The molecule has 2 N–H and O–H groups in total. The average Bonchev–Trinajstić information content (AvgIpc) is 3.29. The highest BCUT2D eigenvalue weighted by Crippen LogP contribution is 2.32. The number of benzene rings is 2. The minimum absolute atomic E-state index is 0.0516. The van der Waals surface area contributed by atoms with Gasteiger partial charge >= 0.3 is 6.03 Å². The molecule has 6 heteroatoms. The van der Waals surface area contributed by atoms with Crippen LogP contribution >= 0.6 is 0 Å². The quantitative estimate of drug-likeness (QED) is 0.741. The van der Waals surface area contributed by atoms with Crippen molar-refractivity contribution >= 4 is 23.5 Å². The molecule has 0 bridgehead atoms. The molecule has 1 fully saturated rings. The average molecular weight is 391 g/mol. The third kappa shape index (κ3) is 3.50. The number of carbonyl (C=O) groups is 3. The van der Waals surface area contributed by atoms with Crippen molar-refractivity contribution in [3.8, 4) is 0 Å². The van der Waals surface area contributed by atoms with E-state index < -0.39 is 11.6 Å². The molecule has 0 unspecified atom stereocenters. The Morgan fingerprint density at radius 1 is 1.10 bits per heavy atom. The van der Waals surface area contributed by atoms with Crippen molar-refractivity contribution in [3.05, 3.63) is 65.2 Å². The zero-order valence-electron chi connectivity index (χ0n) is 16.5. The van der Waals surface area contributed by atoms with Crippen LogP contribution in [0.3, 0.4) is 0 Å². The van der Waals surface area contributed by atoms with E-state index in [2.05, 4.69) is 16.7 Å². The van der Waals surface area contributed by atoms with Gasteiger partial charge in [0, 0.05) is 18.7 Å². The van der Waals surface area contributed by atoms with Gasteiger partial charge in [-0.2, -0.15) is 0 Å². The number of aryl methyl sites for hydroxylation is 2. The van der Waals surface area contributed by atoms with Gasteiger partial charge < -0.3 is 10.6 Å². The number of urea groups is 1. The van der Waals surface area contributed by atoms with Gasteiger partial charge in [0.25, 0.3) is 5.91 Å². The summed E-state index contributed by atoms with van der Waals surface area (Å²) in [6.07, 6.45) is 3.79. The second-order valence-corrected chi connectivity index (χ2v) is 7.65. The molecule has 0 aromatic heterocycles. The lowest BCUT2D eigenvalue weighted by Gasteiger charge is -2.25. The van der Waals surface area contributed by atoms with Gasteiger partial charge in [-0.25, -0.2) is 4.79 Å². The molecule has 1 saturated heterocycles. The molecule has 0 radical (unpaired) electrons. The lowest BCUT2D eigenvalue weighted by atomic mass is 9.87. The number of nitrogens with zero attached hydrogens (tertiary/aromatic N) is 1. The Labute approximate surface area is 170 Å². The standard InChI is InChI=1S/C23H25N3O3/c1-2-23(18-9-4-3-5-10-18)21(28)26(22(29)25-23)14-13-20(27)24-19-12-11-16-7-6-8-17(16)15-19/h3-5,9-12,15H,2,6-8,13-14H2,1H3,(H,24,27)(H,25,29)/t23-/m0/s1. The fourth-order valence-corrected chi connectivity index (χ4v) is 4.28. The van der Waals surface area contributed by atoms with Crippen LogP contribution < -0.4 is 10.6 Å². The number of carbonyl (C=O) groups excluding carboxylic acids is 3. The Morgan fingerprint density at radius 2 is 1.86 bits per heavy atom. The van der Waals surface area contributed by atoms with Crippen LogP contribution in [-0.4, -0.2) is 29.3 Å². The van der Waals surface area contributed by atoms with Gasteiger partial charge in [-0.15, -0.1) is 0 Å². The van der Waals surface area contributed by atoms with Gasteiger partial charge in [0.2, 0.25) is 5.91 Å². The second kappa shape index (κ2) is 7.70. The maximum atomic E-state index is 13.1. The summed E-state index contributed by atoms with van der Waals surface area (Å²) in [7, 11) is 0. The first-order valence-corrected chi connectivity index (χ1v) is 10.1. The molecule has 1 aliphatic heterocycles. The largest absolute Gasteiger partial charge is 0.326 e. The predicted octanol–water partition coefficient (Wildman–Crippen LogP) is 3.36. The van der Waals surface area contributed by atoms with Crippen molar-refractivity contribution in [2.45, 2.75) is 44.6 Å². The maximum absolute atomic E-state index is 13.1. The summed E-state index contributed by atoms with van der Waals surface area (Å²) in [5.41, 5.74) is 3.09. The normalized spacial score (nSPS) is 20.5. The van der Waals surface area contributed by atoms with Crippen LogP contribution in [0.1, 0.15) is 42.9 Å². The first kappa shape index (κ1) is 19.2. The lowest BCUT2D eigenvalue weighted by molar-refractivity contribution is -0.132. The van der Waals surface area contributed by atoms with Gasteiger partial charge in [-0.1, -0.05) is 43.3 Å². The maximum Gasteiger partial charge on any atom is 0.325 e. The van der Waals surface area contributed by atoms with E-state index in [9.17, 15) is 14.4 Å². The van der Waals surface area contributed by atoms with Crippen LogP contribution in [0, 0.1) is 0 Å². The summed E-state index contributed by atoms with van der Waals surface area (Å²) in [5, 5.41) is 5.72. The molecule has 2 aromatic rings. The second-order valence-electron chi connectivity index (χ2n) is 7.65. The third-order valence-corrected chi connectivity index (χ3v) is 5.92. The number of imide groups is 1. The van der Waals surface area contributed by atoms with Crippen LogP contribution in [0.25, 0.3) is 0 Å². The topological polar surface area (TPSA) is 78.5 Å². The van der Waals surface area contributed by atoms with E-state index >= 15 is 0 Å². The van der Waals surface area contributed by atoms with Crippen molar-refractivity contribution in [2.24, 2.45) is 0 Å². The van der Waals surface area contributed by atoms with E-state index in [1.54, 1.807) is 0 Å². The number of nitrogens with one attached hydrogen (secondary N) is 2. The number of hydrogen-bond acceptors (Lipinski definition) is 3. The van der Waals surface area contributed by atoms with E-state index in [1.807, 2.05) is 49.4 Å². The van der Waals surface area contributed by atoms with E-state index in [4.69, 9.17) is 0 Å². The molecule has 0 saturated carbocycles. The van der Waals surface area contributed by atoms with Gasteiger partial charge in [0.15, 0.2) is 0 Å². The van der Waals surface area contributed by atoms with Crippen LogP contribution in [0.4, 0.5) is 10.5 Å². The monoisotopic (exact) mass is 391 g/mol. The van der Waals surface area contributed by atoms with Crippen molar-refractivity contribution in [3.63, 3.8) is 0 Å². The number of fused-ring (bicyclic) bond motifs is 1. The first-order chi connectivity index (χ1) is 14.0. The highest BCUT2D eigenvalue weighted by Gasteiger charge is 2.50. The number of amides is 4. The van der Waals surface area contributed by atoms with Gasteiger partial charge in [0.1, 0.15) is 5.54 Å². The Bertz CT molecular complexity index is 957. The molecule has 2 aromatic carbocycles. The van der Waals surface area contributed by atoms with E-state index in [-0.39, 0.29) is 24.8 Å². The van der Waals surface area contributed by atoms with Gasteiger partial charge in [0.05, 0.1) is 0 Å². The molecular weight excluding hydrogens is 366 g/mol. The molecule has 0 spiro atoms. The zero-order chi connectivity index (χ0) is 20.4. The van der Waals surface area contributed by atoms with Crippen LogP contribution in [0.15, 0.2) is 48.5 Å². The highest BCUT2D eigenvalue weighted by molar-refractivity contribution is 6.07. The number of anilines is 1. The summed E-state index contributed by atoms with van der Waals surface area (Å²) in [4.78, 5) is 39.1. The Balaban J connectivity index is 1.41. The first-order valence-electron chi connectivity index (χ1n) is 10.1. The molecule has 29 heavy (non-hydrogen) atoms. The van der Waals surface area contributed by atoms with E-state index in [0.29, 0.717) is 6.42 Å². The molecule has 4 rings (SSSR count). The van der Waals surface area contributed by atoms with Gasteiger partial charge in [-0.05, 0) is 54.5 Å². The van der Waals surface area contributed by atoms with Crippen molar-refractivity contribution in [2.75, 3.05) is 11.9 Å². The van der Waals surface area contributed by atoms with E-state index in [1.165, 1.54) is 11.1 Å². The summed E-state index contributed by atoms with van der Waals surface area (Å²) < 4.78 is 0. The summed E-state index contributed by atoms with van der Waals surface area (Å²) in [6.45, 7) is 1.92. The molecule has 4 amide bonds. The lowest BCUT2D eigenvalue weighted by Crippen LogP contribution is -2.43. The fraction of sp³-hybridized carbons (Fsp3) is 0.348. The van der Waals surface area contributed by atoms with Crippen LogP contribution in [0.5, 0.6) is 0 Å². The number of rotatable bonds is 6. The van der Waals surface area contributed by atoms with E-state index in [0.717, 1.165) is 35.4 Å². The molecule has 1 heterocycles. The smallest absolute Gasteiger partial charge is 0.325 e. The zero-order valence-corrected chi connectivity index (χ0v) is 16.5. The molecule has 1 atom stereocenters. The minimum Gasteiger partial charge on any atom is -0.326 e. The molecule has 150 valence electrons. The Morgan fingerprint density at radius 3 is 2.62 bits per heavy atom. The minimum atomic E-state index is -1.06. The SMILES string of the molecule is CC[C@@]1(c2ccccc2)NC(=O)N(CCC(=O)Nc2ccc3c(c2)CCC3)C1=O. The fourth-order valence-electron chi connectivity index (χ4n) is 4.28. The third-order valence-electron chi connectivity index (χ3n) is 5.92. The van der Waals surface area contributed by atoms with Crippen molar-refractivity contribution in [1.29, 1.82) is 0 Å². The summed E-state index contributed by atoms with van der Waals surface area (Å²) in [5.74, 6) is -0.515. The summed E-state index contributed by atoms with van der Waals surface area (Å²) in [6, 6.07) is 14.8. The summed E-state index contributed by atoms with van der Waals surface area (Å²) >= 11 is 0. The Kier molecular flexibility index (Phi) is 5.09. The molecule has 2 aliphatic rings. The van der Waals surface area contributed by atoms with Crippen LogP contribution in [0.2, 0.25) is 0 Å². The Hall–Kier alpha value is -3.15. The molecule has 1 aliphatic carbocycles. The predicted molar refractivity (Wildman–Crippen MR) is 110 cm³/mol.